The molecule has 9 heteroatoms. The number of carbonyl (C=O) groups excluding carboxylic acids is 2. The van der Waals surface area contributed by atoms with Gasteiger partial charge in [0.25, 0.3) is 0 Å². The van der Waals surface area contributed by atoms with Crippen molar-refractivity contribution in [2.24, 2.45) is 11.5 Å². The summed E-state index contributed by atoms with van der Waals surface area (Å²) in [5, 5.41) is 2.98. The Kier molecular flexibility index (Phi) is 18.5. The summed E-state index contributed by atoms with van der Waals surface area (Å²) in [6, 6.07) is 27.0. The molecule has 0 saturated heterocycles. The van der Waals surface area contributed by atoms with Crippen LogP contribution in [0, 0.1) is 0 Å². The molecule has 3 aromatic rings. The minimum absolute atomic E-state index is 0. The zero-order valence-corrected chi connectivity index (χ0v) is 26.2. The van der Waals surface area contributed by atoms with Crippen LogP contribution in [0.2, 0.25) is 0 Å². The maximum Gasteiger partial charge on any atom is 0.237 e. The lowest BCUT2D eigenvalue weighted by Crippen LogP contribution is -3.00. The molecule has 2 atom stereocenters. The number of nitrogens with one attached hydrogen (secondary N) is 1. The number of halogens is 3. The predicted octanol–water partition coefficient (Wildman–Crippen LogP) is -5.26. The Labute approximate surface area is 264 Å². The summed E-state index contributed by atoms with van der Waals surface area (Å²) in [6.45, 7) is 2.40. The topological polar surface area (TPSA) is 98.2 Å². The molecule has 0 bridgehead atoms. The lowest BCUT2D eigenvalue weighted by Gasteiger charge is -2.29. The van der Waals surface area contributed by atoms with Crippen molar-refractivity contribution in [2.45, 2.75) is 44.2 Å². The first-order valence-electron chi connectivity index (χ1n) is 13.6. The molecular weight excluding hydrogens is 579 g/mol. The molecule has 0 aliphatic rings. The van der Waals surface area contributed by atoms with E-state index in [0.717, 1.165) is 46.2 Å². The minimum atomic E-state index is -0.648. The zero-order valence-electron chi connectivity index (χ0n) is 23.9. The summed E-state index contributed by atoms with van der Waals surface area (Å²) in [7, 11) is 4.26. The van der Waals surface area contributed by atoms with Crippen LogP contribution in [-0.2, 0) is 22.4 Å². The number of hydrogen-bond acceptors (Lipinski definition) is 4. The van der Waals surface area contributed by atoms with Gasteiger partial charge in [-0.2, -0.15) is 0 Å². The van der Waals surface area contributed by atoms with Gasteiger partial charge in [-0.25, -0.2) is 0 Å². The van der Waals surface area contributed by atoms with Gasteiger partial charge in [0, 0.05) is 13.0 Å². The summed E-state index contributed by atoms with van der Waals surface area (Å²) in [4.78, 5) is 26.4. The molecule has 3 aromatic carbocycles. The fourth-order valence-electron chi connectivity index (χ4n) is 4.65. The Hall–Kier alpha value is -2.45. The average Bonchev–Trinajstić information content (AvgIpc) is 2.92. The molecule has 3 rings (SSSR count). The molecule has 0 heterocycles. The fourth-order valence-corrected chi connectivity index (χ4v) is 4.65. The van der Waals surface area contributed by atoms with E-state index in [1.807, 2.05) is 72.8 Å². The summed E-state index contributed by atoms with van der Waals surface area (Å²) in [5.74, 6) is -0.269. The highest BCUT2D eigenvalue weighted by atomic mass is 35.5. The number of quaternary nitrogens is 1. The molecule has 0 aliphatic heterocycles. The van der Waals surface area contributed by atoms with Crippen molar-refractivity contribution in [1.29, 1.82) is 0 Å². The van der Waals surface area contributed by atoms with Crippen LogP contribution in [0.1, 0.15) is 30.4 Å². The third kappa shape index (κ3) is 13.4. The van der Waals surface area contributed by atoms with E-state index in [1.54, 1.807) is 0 Å². The number of carbonyl (C=O) groups is 2. The summed E-state index contributed by atoms with van der Waals surface area (Å²) in [6.07, 6.45) is 2.87. The standard InChI is InChI=1S/C32H42N4O2.3ClH/c1-36(2,23-21-33)22-9-14-29(34)32(38)35-30(20-17-25-10-5-3-6-11-25)31(37)24-26-15-18-28(19-16-26)27-12-7-4-8-13-27;;;/h3-8,10-13,15-16,18-19,29-30H,9,14,17,20-24,33-34H2,1-2H3;3*1H/p-2/t29-,30+;;;/m0.../s1. The molecule has 5 N–H and O–H groups in total. The molecule has 0 aliphatic carbocycles. The Balaban J connectivity index is 0.00000533. The average molecular weight is 622 g/mol. The lowest BCUT2D eigenvalue weighted by atomic mass is 9.96. The number of amides is 1. The number of Topliss-reactive ketones (excluding diaryl/α,β-unsaturated/α-hetero) is 1. The van der Waals surface area contributed by atoms with Crippen LogP contribution in [0.25, 0.3) is 11.1 Å². The molecule has 41 heavy (non-hydrogen) atoms. The van der Waals surface area contributed by atoms with Gasteiger partial charge in [0.05, 0.1) is 39.3 Å². The van der Waals surface area contributed by atoms with Crippen LogP contribution in [0.4, 0.5) is 0 Å². The second kappa shape index (κ2) is 19.6. The van der Waals surface area contributed by atoms with Gasteiger partial charge < -0.3 is 58.5 Å². The summed E-state index contributed by atoms with van der Waals surface area (Å²) >= 11 is 0. The van der Waals surface area contributed by atoms with Crippen molar-refractivity contribution in [3.8, 4) is 11.1 Å². The highest BCUT2D eigenvalue weighted by Gasteiger charge is 2.24. The molecule has 0 radical (unpaired) electrons. The Morgan fingerprint density at radius 1 is 0.756 bits per heavy atom. The van der Waals surface area contributed by atoms with E-state index in [2.05, 4.69) is 31.5 Å². The van der Waals surface area contributed by atoms with Crippen LogP contribution in [-0.4, -0.2) is 62.0 Å². The van der Waals surface area contributed by atoms with Gasteiger partial charge in [-0.15, -0.1) is 0 Å². The fraction of sp³-hybridized carbons (Fsp3) is 0.375. The van der Waals surface area contributed by atoms with Gasteiger partial charge in [0.2, 0.25) is 5.91 Å². The second-order valence-corrected chi connectivity index (χ2v) is 10.7. The van der Waals surface area contributed by atoms with E-state index in [1.165, 1.54) is 0 Å². The van der Waals surface area contributed by atoms with Gasteiger partial charge in [0.1, 0.15) is 0 Å². The summed E-state index contributed by atoms with van der Waals surface area (Å²) < 4.78 is 0.798. The molecule has 0 unspecified atom stereocenters. The van der Waals surface area contributed by atoms with E-state index in [4.69, 9.17) is 11.5 Å². The SMILES string of the molecule is C[N+](C)(CCN)CCC[C@H](N)C(=O)N[C@H](CCc1ccccc1)C(=O)Cc1ccc(-c2ccccc2)cc1.[Cl-].[Cl-].[Cl-]. The van der Waals surface area contributed by atoms with Crippen molar-refractivity contribution in [3.05, 3.63) is 96.1 Å². The molecule has 226 valence electrons. The largest absolute Gasteiger partial charge is 1.00 e. The molecule has 0 spiro atoms. The lowest BCUT2D eigenvalue weighted by molar-refractivity contribution is -0.889. The van der Waals surface area contributed by atoms with E-state index >= 15 is 0 Å². The molecular formula is C32H43Cl3N4O2-2. The van der Waals surface area contributed by atoms with Gasteiger partial charge in [-0.05, 0) is 47.9 Å². The van der Waals surface area contributed by atoms with Crippen molar-refractivity contribution >= 4 is 11.7 Å². The van der Waals surface area contributed by atoms with Gasteiger partial charge in [0.15, 0.2) is 5.78 Å². The summed E-state index contributed by atoms with van der Waals surface area (Å²) in [5.41, 5.74) is 16.3. The first-order valence-corrected chi connectivity index (χ1v) is 13.6. The predicted molar refractivity (Wildman–Crippen MR) is 155 cm³/mol. The number of benzene rings is 3. The Bertz CT molecular complexity index is 1150. The van der Waals surface area contributed by atoms with Crippen LogP contribution in [0.5, 0.6) is 0 Å². The molecule has 6 nitrogen and oxygen atoms in total. The molecule has 0 saturated carbocycles. The van der Waals surface area contributed by atoms with E-state index in [0.29, 0.717) is 25.8 Å². The number of rotatable bonds is 15. The van der Waals surface area contributed by atoms with Crippen molar-refractivity contribution in [1.82, 2.24) is 5.32 Å². The monoisotopic (exact) mass is 620 g/mol. The van der Waals surface area contributed by atoms with Gasteiger partial charge in [-0.3, -0.25) is 9.59 Å². The second-order valence-electron chi connectivity index (χ2n) is 10.7. The quantitative estimate of drug-likeness (QED) is 0.148. The number of hydrogen-bond donors (Lipinski definition) is 3. The van der Waals surface area contributed by atoms with Gasteiger partial charge in [-0.1, -0.05) is 84.9 Å². The number of nitrogens with zero attached hydrogens (tertiary/aromatic N) is 1. The molecule has 0 aromatic heterocycles. The highest BCUT2D eigenvalue weighted by Crippen LogP contribution is 2.20. The minimum Gasteiger partial charge on any atom is -1.00 e. The van der Waals surface area contributed by atoms with Crippen molar-refractivity contribution in [2.75, 3.05) is 33.7 Å². The Morgan fingerprint density at radius 3 is 1.90 bits per heavy atom. The third-order valence-electron chi connectivity index (χ3n) is 7.06. The normalized spacial score (nSPS) is 12.1. The van der Waals surface area contributed by atoms with Gasteiger partial charge >= 0.3 is 0 Å². The van der Waals surface area contributed by atoms with Crippen LogP contribution in [0.3, 0.4) is 0 Å². The number of ketones is 1. The highest BCUT2D eigenvalue weighted by molar-refractivity contribution is 5.92. The first kappa shape index (κ1) is 38.6. The molecule has 1 amide bonds. The maximum absolute atomic E-state index is 13.4. The number of likely N-dealkylation sites (N-methyl/N-ethyl adjacent to an activating group) is 1. The Morgan fingerprint density at radius 2 is 1.32 bits per heavy atom. The van der Waals surface area contributed by atoms with Crippen LogP contribution in [0.15, 0.2) is 84.9 Å². The first-order chi connectivity index (χ1) is 18.3. The third-order valence-corrected chi connectivity index (χ3v) is 7.06. The van der Waals surface area contributed by atoms with Crippen LogP contribution >= 0.6 is 0 Å². The van der Waals surface area contributed by atoms with E-state index in [-0.39, 0.29) is 55.3 Å². The number of aryl methyl sites for hydroxylation is 1. The van der Waals surface area contributed by atoms with Crippen molar-refractivity contribution in [3.63, 3.8) is 0 Å². The van der Waals surface area contributed by atoms with Crippen LogP contribution < -0.4 is 54.0 Å². The zero-order chi connectivity index (χ0) is 27.4. The van der Waals surface area contributed by atoms with E-state index in [9.17, 15) is 9.59 Å². The smallest absolute Gasteiger partial charge is 0.237 e. The van der Waals surface area contributed by atoms with Crippen molar-refractivity contribution < 1.29 is 51.3 Å². The maximum atomic E-state index is 13.4. The van der Waals surface area contributed by atoms with E-state index < -0.39 is 12.1 Å². The number of nitrogens with two attached hydrogens (primary N) is 2. The molecule has 0 fully saturated rings.